The number of hydrogen-bond acceptors (Lipinski definition) is 1. The third-order valence-electron chi connectivity index (χ3n) is 3.67. The van der Waals surface area contributed by atoms with E-state index in [4.69, 9.17) is 0 Å². The molecule has 0 atom stereocenters. The van der Waals surface area contributed by atoms with Gasteiger partial charge in [-0.1, -0.05) is 30.3 Å². The van der Waals surface area contributed by atoms with E-state index in [9.17, 15) is 5.11 Å². The Kier molecular flexibility index (Phi) is 2.88. The molecular formula is C17H17NO. The Labute approximate surface area is 112 Å². The summed E-state index contributed by atoms with van der Waals surface area (Å²) in [4.78, 5) is 0. The number of fused-ring (bicyclic) bond motifs is 1. The second-order valence-electron chi connectivity index (χ2n) is 4.98. The minimum Gasteiger partial charge on any atom is -0.392 e. The molecule has 1 N–H and O–H groups in total. The minimum atomic E-state index is 0.0814. The highest BCUT2D eigenvalue weighted by molar-refractivity contribution is 5.97. The van der Waals surface area contributed by atoms with Crippen LogP contribution in [0.3, 0.4) is 0 Å². The predicted octanol–water partition coefficient (Wildman–Crippen LogP) is 3.65. The summed E-state index contributed by atoms with van der Waals surface area (Å²) in [5, 5.41) is 10.5. The molecule has 0 aliphatic rings. The van der Waals surface area contributed by atoms with Crippen LogP contribution in [-0.4, -0.2) is 9.67 Å². The van der Waals surface area contributed by atoms with Gasteiger partial charge in [-0.25, -0.2) is 0 Å². The van der Waals surface area contributed by atoms with Crippen molar-refractivity contribution in [3.8, 4) is 11.1 Å². The van der Waals surface area contributed by atoms with Crippen LogP contribution in [0.25, 0.3) is 22.0 Å². The Hall–Kier alpha value is -2.06. The molecule has 0 saturated carbocycles. The van der Waals surface area contributed by atoms with Gasteiger partial charge in [0.1, 0.15) is 0 Å². The first-order valence-corrected chi connectivity index (χ1v) is 6.45. The Morgan fingerprint density at radius 1 is 1.05 bits per heavy atom. The topological polar surface area (TPSA) is 25.2 Å². The minimum absolute atomic E-state index is 0.0814. The van der Waals surface area contributed by atoms with Gasteiger partial charge >= 0.3 is 0 Å². The molecule has 0 saturated heterocycles. The summed E-state index contributed by atoms with van der Waals surface area (Å²) in [6.45, 7) is 2.21. The molecule has 0 fully saturated rings. The normalized spacial score (nSPS) is 11.1. The maximum absolute atomic E-state index is 9.31. The average molecular weight is 251 g/mol. The van der Waals surface area contributed by atoms with Crippen molar-refractivity contribution in [2.45, 2.75) is 13.5 Å². The van der Waals surface area contributed by atoms with Gasteiger partial charge in [0.05, 0.1) is 6.61 Å². The number of nitrogens with zero attached hydrogens (tertiary/aromatic N) is 1. The third kappa shape index (κ3) is 1.94. The van der Waals surface area contributed by atoms with Crippen LogP contribution < -0.4 is 0 Å². The zero-order chi connectivity index (χ0) is 13.4. The van der Waals surface area contributed by atoms with Gasteiger partial charge in [0, 0.05) is 29.7 Å². The van der Waals surface area contributed by atoms with Crippen LogP contribution >= 0.6 is 0 Å². The second kappa shape index (κ2) is 4.56. The van der Waals surface area contributed by atoms with Gasteiger partial charge in [0.15, 0.2) is 0 Å². The van der Waals surface area contributed by atoms with Crippen molar-refractivity contribution in [2.75, 3.05) is 0 Å². The molecule has 1 heterocycles. The summed E-state index contributed by atoms with van der Waals surface area (Å²) < 4.78 is 2.14. The van der Waals surface area contributed by atoms with Gasteiger partial charge in [-0.05, 0) is 35.7 Å². The number of aliphatic hydroxyl groups is 1. The smallest absolute Gasteiger partial charge is 0.0682 e. The average Bonchev–Trinajstić information content (AvgIpc) is 2.76. The lowest BCUT2D eigenvalue weighted by atomic mass is 9.99. The van der Waals surface area contributed by atoms with Crippen LogP contribution in [-0.2, 0) is 13.7 Å². The fraction of sp³-hybridized carbons (Fsp3) is 0.176. The highest BCUT2D eigenvalue weighted by Crippen LogP contribution is 2.32. The number of rotatable bonds is 2. The summed E-state index contributed by atoms with van der Waals surface area (Å²) in [5.74, 6) is 0. The van der Waals surface area contributed by atoms with Crippen LogP contribution in [0.2, 0.25) is 0 Å². The molecule has 3 rings (SSSR count). The zero-order valence-electron chi connectivity index (χ0n) is 11.2. The molecule has 96 valence electrons. The first kappa shape index (κ1) is 12.0. The first-order valence-electron chi connectivity index (χ1n) is 6.45. The van der Waals surface area contributed by atoms with Gasteiger partial charge in [-0.3, -0.25) is 0 Å². The molecule has 19 heavy (non-hydrogen) atoms. The first-order chi connectivity index (χ1) is 9.20. The third-order valence-corrected chi connectivity index (χ3v) is 3.67. The number of aliphatic hydroxyl groups excluding tert-OH is 1. The summed E-state index contributed by atoms with van der Waals surface area (Å²) in [5.41, 5.74) is 5.89. The van der Waals surface area contributed by atoms with E-state index in [0.717, 1.165) is 5.56 Å². The van der Waals surface area contributed by atoms with Crippen molar-refractivity contribution >= 4 is 10.9 Å². The second-order valence-corrected chi connectivity index (χ2v) is 4.98. The van der Waals surface area contributed by atoms with E-state index in [-0.39, 0.29) is 6.61 Å². The Morgan fingerprint density at radius 3 is 2.58 bits per heavy atom. The summed E-state index contributed by atoms with van der Waals surface area (Å²) in [6, 6.07) is 14.5. The van der Waals surface area contributed by atoms with Gasteiger partial charge in [-0.15, -0.1) is 0 Å². The van der Waals surface area contributed by atoms with Crippen LogP contribution in [0.15, 0.2) is 48.7 Å². The van der Waals surface area contributed by atoms with Crippen LogP contribution in [0.1, 0.15) is 11.1 Å². The molecular weight excluding hydrogens is 234 g/mol. The van der Waals surface area contributed by atoms with Crippen molar-refractivity contribution < 1.29 is 5.11 Å². The maximum Gasteiger partial charge on any atom is 0.0682 e. The highest BCUT2D eigenvalue weighted by atomic mass is 16.3. The predicted molar refractivity (Wildman–Crippen MR) is 79.0 cm³/mol. The standard InChI is InChI=1S/C17H17NO/c1-12-5-3-4-6-14(12)16-10-18(2)17-8-7-13(11-19)9-15(16)17/h3-10,19H,11H2,1-2H3. The number of aryl methyl sites for hydroxylation is 2. The van der Waals surface area contributed by atoms with Gasteiger partial charge in [0.2, 0.25) is 0 Å². The largest absolute Gasteiger partial charge is 0.392 e. The zero-order valence-corrected chi connectivity index (χ0v) is 11.2. The SMILES string of the molecule is Cc1ccccc1-c1cn(C)c2ccc(CO)cc12. The molecule has 0 radical (unpaired) electrons. The fourth-order valence-electron chi connectivity index (χ4n) is 2.63. The molecule has 0 aliphatic carbocycles. The molecule has 2 nitrogen and oxygen atoms in total. The lowest BCUT2D eigenvalue weighted by Gasteiger charge is -2.04. The van der Waals surface area contributed by atoms with E-state index in [2.05, 4.69) is 61.1 Å². The number of hydrogen-bond donors (Lipinski definition) is 1. The van der Waals surface area contributed by atoms with Crippen molar-refractivity contribution in [3.63, 3.8) is 0 Å². The molecule has 0 bridgehead atoms. The molecule has 2 aromatic carbocycles. The Bertz CT molecular complexity index is 740. The van der Waals surface area contributed by atoms with Crippen molar-refractivity contribution in [3.05, 3.63) is 59.8 Å². The molecule has 2 heteroatoms. The number of aromatic nitrogens is 1. The molecule has 1 aromatic heterocycles. The summed E-state index contributed by atoms with van der Waals surface area (Å²) in [7, 11) is 2.06. The van der Waals surface area contributed by atoms with E-state index in [1.807, 2.05) is 6.07 Å². The molecule has 0 aliphatic heterocycles. The monoisotopic (exact) mass is 251 g/mol. The van der Waals surface area contributed by atoms with E-state index in [0.29, 0.717) is 0 Å². The van der Waals surface area contributed by atoms with E-state index < -0.39 is 0 Å². The quantitative estimate of drug-likeness (QED) is 0.739. The van der Waals surface area contributed by atoms with Gasteiger partial charge < -0.3 is 9.67 Å². The van der Waals surface area contributed by atoms with E-state index >= 15 is 0 Å². The Morgan fingerprint density at radius 2 is 1.84 bits per heavy atom. The molecule has 0 spiro atoms. The van der Waals surface area contributed by atoms with E-state index in [1.54, 1.807) is 0 Å². The van der Waals surface area contributed by atoms with Crippen LogP contribution in [0.5, 0.6) is 0 Å². The van der Waals surface area contributed by atoms with Crippen molar-refractivity contribution in [1.82, 2.24) is 4.57 Å². The molecule has 0 amide bonds. The molecule has 3 aromatic rings. The lowest BCUT2D eigenvalue weighted by molar-refractivity contribution is 0.282. The summed E-state index contributed by atoms with van der Waals surface area (Å²) >= 11 is 0. The molecule has 0 unspecified atom stereocenters. The fourth-order valence-corrected chi connectivity index (χ4v) is 2.63. The van der Waals surface area contributed by atoms with Crippen molar-refractivity contribution in [1.29, 1.82) is 0 Å². The lowest BCUT2D eigenvalue weighted by Crippen LogP contribution is -1.85. The summed E-state index contributed by atoms with van der Waals surface area (Å²) in [6.07, 6.45) is 2.16. The Balaban J connectivity index is 2.32. The van der Waals surface area contributed by atoms with E-state index in [1.165, 1.54) is 27.6 Å². The van der Waals surface area contributed by atoms with Crippen LogP contribution in [0.4, 0.5) is 0 Å². The maximum atomic E-state index is 9.31. The highest BCUT2D eigenvalue weighted by Gasteiger charge is 2.10. The van der Waals surface area contributed by atoms with Crippen LogP contribution in [0, 0.1) is 6.92 Å². The van der Waals surface area contributed by atoms with Gasteiger partial charge in [0.25, 0.3) is 0 Å². The van der Waals surface area contributed by atoms with Crippen molar-refractivity contribution in [2.24, 2.45) is 7.05 Å². The van der Waals surface area contributed by atoms with Gasteiger partial charge in [-0.2, -0.15) is 0 Å². The number of benzene rings is 2.